The van der Waals surface area contributed by atoms with Crippen molar-refractivity contribution in [3.05, 3.63) is 42.0 Å². The van der Waals surface area contributed by atoms with E-state index in [0.29, 0.717) is 25.9 Å². The van der Waals surface area contributed by atoms with E-state index in [9.17, 15) is 4.79 Å². The van der Waals surface area contributed by atoms with E-state index < -0.39 is 0 Å². The van der Waals surface area contributed by atoms with Crippen molar-refractivity contribution in [3.63, 3.8) is 0 Å². The summed E-state index contributed by atoms with van der Waals surface area (Å²) in [6, 6.07) is 14.7. The molecule has 0 spiro atoms. The minimum Gasteiger partial charge on any atom is -0.384 e. The summed E-state index contributed by atoms with van der Waals surface area (Å²) >= 11 is 0. The zero-order chi connectivity index (χ0) is 18.6. The van der Waals surface area contributed by atoms with E-state index in [4.69, 9.17) is 5.26 Å². The molecule has 1 aliphatic heterocycles. The molecule has 0 bridgehead atoms. The van der Waals surface area contributed by atoms with Gasteiger partial charge >= 0.3 is 0 Å². The molecule has 1 amide bonds. The Morgan fingerprint density at radius 1 is 1.22 bits per heavy atom. The normalized spacial score (nSPS) is 15.7. The SMILES string of the molecule is N#CCCNc1ccc(-c2cccc3c2NCCC(=O)N3)cc1CC1CC1. The summed E-state index contributed by atoms with van der Waals surface area (Å²) in [6.45, 7) is 1.31. The number of anilines is 3. The first kappa shape index (κ1) is 17.4. The number of fused-ring (bicyclic) bond motifs is 1. The van der Waals surface area contributed by atoms with Crippen LogP contribution in [0.1, 0.15) is 31.2 Å². The Morgan fingerprint density at radius 3 is 2.93 bits per heavy atom. The molecule has 5 heteroatoms. The Hall–Kier alpha value is -3.00. The van der Waals surface area contributed by atoms with Crippen LogP contribution in [0.25, 0.3) is 11.1 Å². The molecule has 1 aliphatic carbocycles. The minimum atomic E-state index is 0.0462. The number of nitriles is 1. The van der Waals surface area contributed by atoms with Gasteiger partial charge in [-0.15, -0.1) is 0 Å². The lowest BCUT2D eigenvalue weighted by Crippen LogP contribution is -2.10. The maximum Gasteiger partial charge on any atom is 0.226 e. The second kappa shape index (κ2) is 7.71. The van der Waals surface area contributed by atoms with Crippen molar-refractivity contribution >= 4 is 23.0 Å². The van der Waals surface area contributed by atoms with Gasteiger partial charge in [-0.3, -0.25) is 4.79 Å². The lowest BCUT2D eigenvalue weighted by Gasteiger charge is -2.17. The maximum absolute atomic E-state index is 11.9. The average molecular weight is 360 g/mol. The number of benzene rings is 2. The van der Waals surface area contributed by atoms with E-state index in [2.05, 4.69) is 46.3 Å². The Kier molecular flexibility index (Phi) is 4.97. The molecule has 2 aromatic rings. The summed E-state index contributed by atoms with van der Waals surface area (Å²) in [4.78, 5) is 11.9. The summed E-state index contributed by atoms with van der Waals surface area (Å²) < 4.78 is 0. The zero-order valence-electron chi connectivity index (χ0n) is 15.3. The number of carbonyl (C=O) groups is 1. The smallest absolute Gasteiger partial charge is 0.226 e. The van der Waals surface area contributed by atoms with Crippen molar-refractivity contribution in [2.45, 2.75) is 32.1 Å². The summed E-state index contributed by atoms with van der Waals surface area (Å²) in [5, 5.41) is 18.6. The van der Waals surface area contributed by atoms with Gasteiger partial charge in [-0.05, 0) is 54.5 Å². The molecule has 0 saturated heterocycles. The standard InChI is InChI=1S/C22H24N4O/c23-10-2-11-24-19-8-7-16(14-17(19)13-15-5-6-15)18-3-1-4-20-22(18)25-12-9-21(27)26-20/h1,3-4,7-8,14-15,24-25H,2,5-6,9,11-13H2,(H,26,27). The highest BCUT2D eigenvalue weighted by atomic mass is 16.1. The lowest BCUT2D eigenvalue weighted by atomic mass is 9.97. The van der Waals surface area contributed by atoms with Gasteiger partial charge in [0.2, 0.25) is 5.91 Å². The van der Waals surface area contributed by atoms with Crippen LogP contribution in [0.5, 0.6) is 0 Å². The van der Waals surface area contributed by atoms with Gasteiger partial charge in [0.15, 0.2) is 0 Å². The predicted octanol–water partition coefficient (Wildman–Crippen LogP) is 4.39. The van der Waals surface area contributed by atoms with Crippen LogP contribution in [-0.2, 0) is 11.2 Å². The van der Waals surface area contributed by atoms with Gasteiger partial charge in [0.05, 0.1) is 23.9 Å². The van der Waals surface area contributed by atoms with Crippen LogP contribution in [0.15, 0.2) is 36.4 Å². The lowest BCUT2D eigenvalue weighted by molar-refractivity contribution is -0.115. The van der Waals surface area contributed by atoms with Crippen LogP contribution in [0, 0.1) is 17.2 Å². The number of para-hydroxylation sites is 1. The fourth-order valence-electron chi connectivity index (χ4n) is 3.59. The van der Waals surface area contributed by atoms with Gasteiger partial charge in [-0.25, -0.2) is 0 Å². The molecule has 138 valence electrons. The highest BCUT2D eigenvalue weighted by molar-refractivity contribution is 5.99. The molecular weight excluding hydrogens is 336 g/mol. The third-order valence-electron chi connectivity index (χ3n) is 5.17. The van der Waals surface area contributed by atoms with E-state index in [1.165, 1.54) is 18.4 Å². The fourth-order valence-corrected chi connectivity index (χ4v) is 3.59. The molecule has 4 rings (SSSR count). The summed E-state index contributed by atoms with van der Waals surface area (Å²) in [6.07, 6.45) is 4.65. The van der Waals surface area contributed by atoms with E-state index in [-0.39, 0.29) is 5.91 Å². The summed E-state index contributed by atoms with van der Waals surface area (Å²) in [7, 11) is 0. The molecule has 0 atom stereocenters. The van der Waals surface area contributed by atoms with Crippen molar-refractivity contribution in [1.82, 2.24) is 0 Å². The Morgan fingerprint density at radius 2 is 2.11 bits per heavy atom. The molecule has 0 radical (unpaired) electrons. The van der Waals surface area contributed by atoms with Crippen molar-refractivity contribution < 1.29 is 4.79 Å². The first-order valence-electron chi connectivity index (χ1n) is 9.65. The number of nitrogens with zero attached hydrogens (tertiary/aromatic N) is 1. The van der Waals surface area contributed by atoms with E-state index in [0.717, 1.165) is 40.5 Å². The Labute approximate surface area is 159 Å². The monoisotopic (exact) mass is 360 g/mol. The van der Waals surface area contributed by atoms with Crippen LogP contribution < -0.4 is 16.0 Å². The highest BCUT2D eigenvalue weighted by Crippen LogP contribution is 2.39. The third-order valence-corrected chi connectivity index (χ3v) is 5.17. The number of carbonyl (C=O) groups excluding carboxylic acids is 1. The second-order valence-corrected chi connectivity index (χ2v) is 7.31. The molecular formula is C22H24N4O. The van der Waals surface area contributed by atoms with Gasteiger partial charge in [0, 0.05) is 30.8 Å². The average Bonchev–Trinajstić information content (AvgIpc) is 3.49. The van der Waals surface area contributed by atoms with E-state index in [1.807, 2.05) is 12.1 Å². The minimum absolute atomic E-state index is 0.0462. The fraction of sp³-hybridized carbons (Fsp3) is 0.364. The van der Waals surface area contributed by atoms with Gasteiger partial charge in [-0.2, -0.15) is 5.26 Å². The van der Waals surface area contributed by atoms with Gasteiger partial charge in [0.25, 0.3) is 0 Å². The number of hydrogen-bond donors (Lipinski definition) is 3. The number of amides is 1. The molecule has 1 fully saturated rings. The largest absolute Gasteiger partial charge is 0.384 e. The van der Waals surface area contributed by atoms with Crippen LogP contribution >= 0.6 is 0 Å². The van der Waals surface area contributed by atoms with Crippen LogP contribution in [0.4, 0.5) is 17.1 Å². The molecule has 1 heterocycles. The number of rotatable bonds is 6. The zero-order valence-corrected chi connectivity index (χ0v) is 15.3. The predicted molar refractivity (Wildman–Crippen MR) is 109 cm³/mol. The quantitative estimate of drug-likeness (QED) is 0.668. The number of hydrogen-bond acceptors (Lipinski definition) is 4. The topological polar surface area (TPSA) is 77.0 Å². The van der Waals surface area contributed by atoms with Crippen LogP contribution in [-0.4, -0.2) is 19.0 Å². The second-order valence-electron chi connectivity index (χ2n) is 7.31. The van der Waals surface area contributed by atoms with Crippen molar-refractivity contribution in [3.8, 4) is 17.2 Å². The molecule has 5 nitrogen and oxygen atoms in total. The Bertz CT molecular complexity index is 896. The van der Waals surface area contributed by atoms with Gasteiger partial charge in [-0.1, -0.05) is 18.2 Å². The maximum atomic E-state index is 11.9. The van der Waals surface area contributed by atoms with Crippen LogP contribution in [0.3, 0.4) is 0 Å². The molecule has 3 N–H and O–H groups in total. The van der Waals surface area contributed by atoms with E-state index >= 15 is 0 Å². The van der Waals surface area contributed by atoms with Crippen LogP contribution in [0.2, 0.25) is 0 Å². The molecule has 2 aromatic carbocycles. The first-order chi connectivity index (χ1) is 13.2. The molecule has 27 heavy (non-hydrogen) atoms. The molecule has 0 aromatic heterocycles. The van der Waals surface area contributed by atoms with Crippen molar-refractivity contribution in [2.75, 3.05) is 29.0 Å². The van der Waals surface area contributed by atoms with Gasteiger partial charge in [0.1, 0.15) is 0 Å². The summed E-state index contributed by atoms with van der Waals surface area (Å²) in [5.74, 6) is 0.826. The van der Waals surface area contributed by atoms with Crippen molar-refractivity contribution in [2.24, 2.45) is 5.92 Å². The highest BCUT2D eigenvalue weighted by Gasteiger charge is 2.23. The third kappa shape index (κ3) is 4.06. The van der Waals surface area contributed by atoms with E-state index in [1.54, 1.807) is 0 Å². The Balaban J connectivity index is 1.68. The molecule has 1 saturated carbocycles. The molecule has 0 unspecified atom stereocenters. The first-order valence-corrected chi connectivity index (χ1v) is 9.65. The number of nitrogens with one attached hydrogen (secondary N) is 3. The van der Waals surface area contributed by atoms with Crippen molar-refractivity contribution in [1.29, 1.82) is 5.26 Å². The van der Waals surface area contributed by atoms with Gasteiger partial charge < -0.3 is 16.0 Å². The molecule has 2 aliphatic rings. The summed E-state index contributed by atoms with van der Waals surface area (Å²) in [5.41, 5.74) is 6.53.